The zero-order valence-electron chi connectivity index (χ0n) is 14.5. The monoisotopic (exact) mass is 326 g/mol. The Hall–Kier alpha value is -1.68. The van der Waals surface area contributed by atoms with Crippen molar-refractivity contribution in [2.75, 3.05) is 6.54 Å². The smallest absolute Gasteiger partial charge is 0.183 e. The van der Waals surface area contributed by atoms with E-state index in [1.165, 1.54) is 25.7 Å². The van der Waals surface area contributed by atoms with E-state index < -0.39 is 6.23 Å². The Labute approximate surface area is 143 Å². The summed E-state index contributed by atoms with van der Waals surface area (Å²) in [5, 5.41) is 17.2. The highest BCUT2D eigenvalue weighted by atomic mass is 16.3. The van der Waals surface area contributed by atoms with Gasteiger partial charge in [-0.3, -0.25) is 9.80 Å². The molecule has 4 nitrogen and oxygen atoms in total. The zero-order chi connectivity index (χ0) is 16.9. The van der Waals surface area contributed by atoms with Crippen molar-refractivity contribution in [3.05, 3.63) is 35.9 Å². The van der Waals surface area contributed by atoms with E-state index in [9.17, 15) is 9.90 Å². The third-order valence-corrected chi connectivity index (χ3v) is 6.79. The van der Waals surface area contributed by atoms with Crippen molar-refractivity contribution in [3.8, 4) is 0 Å². The SMILES string of the molecule is CC1=NN(CC(=O)c2ccccc2)C(O)[C@@]1(C)C1CC2CCC1C2. The molecule has 1 aliphatic heterocycles. The normalized spacial score (nSPS) is 37.8. The Morgan fingerprint density at radius 3 is 2.67 bits per heavy atom. The van der Waals surface area contributed by atoms with Gasteiger partial charge in [0.1, 0.15) is 6.54 Å². The van der Waals surface area contributed by atoms with E-state index in [0.717, 1.165) is 11.6 Å². The minimum absolute atomic E-state index is 0.00314. The second-order valence-electron chi connectivity index (χ2n) is 8.01. The van der Waals surface area contributed by atoms with E-state index in [1.54, 1.807) is 5.01 Å². The maximum atomic E-state index is 12.5. The summed E-state index contributed by atoms with van der Waals surface area (Å²) in [5.41, 5.74) is 1.33. The lowest BCUT2D eigenvalue weighted by Gasteiger charge is -2.40. The van der Waals surface area contributed by atoms with Gasteiger partial charge in [0, 0.05) is 11.3 Å². The van der Waals surface area contributed by atoms with E-state index in [-0.39, 0.29) is 17.7 Å². The van der Waals surface area contributed by atoms with Crippen LogP contribution in [-0.2, 0) is 0 Å². The number of hydrogen-bond acceptors (Lipinski definition) is 4. The second-order valence-corrected chi connectivity index (χ2v) is 8.01. The summed E-state index contributed by atoms with van der Waals surface area (Å²) < 4.78 is 0. The molecule has 24 heavy (non-hydrogen) atoms. The van der Waals surface area contributed by atoms with Crippen molar-refractivity contribution in [3.63, 3.8) is 0 Å². The van der Waals surface area contributed by atoms with Crippen LogP contribution in [0.25, 0.3) is 0 Å². The van der Waals surface area contributed by atoms with Crippen LogP contribution in [-0.4, -0.2) is 34.4 Å². The number of benzene rings is 1. The molecule has 4 heteroatoms. The van der Waals surface area contributed by atoms with Crippen LogP contribution in [0.3, 0.4) is 0 Å². The molecule has 0 amide bonds. The van der Waals surface area contributed by atoms with Crippen LogP contribution >= 0.6 is 0 Å². The molecular weight excluding hydrogens is 300 g/mol. The summed E-state index contributed by atoms with van der Waals surface area (Å²) in [6.07, 6.45) is 4.44. The lowest BCUT2D eigenvalue weighted by molar-refractivity contribution is -0.0634. The number of Topliss-reactive ketones (excluding diaryl/α,β-unsaturated/α-hetero) is 1. The van der Waals surface area contributed by atoms with Crippen molar-refractivity contribution in [2.45, 2.75) is 45.8 Å². The van der Waals surface area contributed by atoms with Gasteiger partial charge >= 0.3 is 0 Å². The highest BCUT2D eigenvalue weighted by molar-refractivity contribution is 5.98. The molecule has 2 aliphatic carbocycles. The Kier molecular flexibility index (Phi) is 3.75. The average molecular weight is 326 g/mol. The van der Waals surface area contributed by atoms with Gasteiger partial charge in [0.15, 0.2) is 12.0 Å². The first-order valence-corrected chi connectivity index (χ1v) is 9.08. The minimum atomic E-state index is -0.700. The minimum Gasteiger partial charge on any atom is -0.371 e. The number of ketones is 1. The number of rotatable bonds is 4. The first-order valence-electron chi connectivity index (χ1n) is 9.08. The van der Waals surface area contributed by atoms with Crippen molar-refractivity contribution >= 4 is 11.5 Å². The lowest BCUT2D eigenvalue weighted by Crippen LogP contribution is -2.48. The summed E-state index contributed by atoms with van der Waals surface area (Å²) in [7, 11) is 0. The van der Waals surface area contributed by atoms with Crippen LogP contribution in [0.2, 0.25) is 0 Å². The second kappa shape index (κ2) is 5.69. The van der Waals surface area contributed by atoms with E-state index in [4.69, 9.17) is 0 Å². The van der Waals surface area contributed by atoms with Gasteiger partial charge in [-0.1, -0.05) is 36.8 Å². The highest BCUT2D eigenvalue weighted by Gasteiger charge is 2.56. The standard InChI is InChI=1S/C20H26N2O2/c1-13-20(2,17-11-14-8-9-16(17)10-14)19(24)22(21-13)12-18(23)15-6-4-3-5-7-15/h3-7,14,16-17,19,24H,8-12H2,1-2H3/t14?,16?,17?,19?,20-/m1/s1. The van der Waals surface area contributed by atoms with Crippen molar-refractivity contribution in [1.29, 1.82) is 0 Å². The van der Waals surface area contributed by atoms with Crippen LogP contribution in [0.4, 0.5) is 0 Å². The molecule has 0 saturated heterocycles. The van der Waals surface area contributed by atoms with Gasteiger partial charge in [-0.2, -0.15) is 5.10 Å². The molecule has 5 atom stereocenters. The fourth-order valence-electron chi connectivity index (χ4n) is 5.27. The Bertz CT molecular complexity index is 671. The molecule has 2 bridgehead atoms. The van der Waals surface area contributed by atoms with Gasteiger partial charge in [-0.15, -0.1) is 0 Å². The van der Waals surface area contributed by atoms with Crippen molar-refractivity contribution < 1.29 is 9.90 Å². The predicted octanol–water partition coefficient (Wildman–Crippen LogP) is 3.32. The van der Waals surface area contributed by atoms with Crippen LogP contribution in [0.1, 0.15) is 49.9 Å². The third-order valence-electron chi connectivity index (χ3n) is 6.79. The van der Waals surface area contributed by atoms with E-state index >= 15 is 0 Å². The predicted molar refractivity (Wildman–Crippen MR) is 93.6 cm³/mol. The van der Waals surface area contributed by atoms with Gasteiger partial charge in [-0.05, 0) is 50.9 Å². The molecule has 2 fully saturated rings. The Morgan fingerprint density at radius 2 is 2.04 bits per heavy atom. The number of fused-ring (bicyclic) bond motifs is 2. The molecule has 4 unspecified atom stereocenters. The van der Waals surface area contributed by atoms with Crippen molar-refractivity contribution in [2.24, 2.45) is 28.3 Å². The lowest BCUT2D eigenvalue weighted by atomic mass is 9.66. The maximum absolute atomic E-state index is 12.5. The molecule has 1 heterocycles. The summed E-state index contributed by atoms with van der Waals surface area (Å²) in [6, 6.07) is 9.26. The fraction of sp³-hybridized carbons (Fsp3) is 0.600. The topological polar surface area (TPSA) is 52.9 Å². The van der Waals surface area contributed by atoms with Gasteiger partial charge in [-0.25, -0.2) is 0 Å². The number of nitrogens with zero attached hydrogens (tertiary/aromatic N) is 2. The molecule has 128 valence electrons. The number of carbonyl (C=O) groups excluding carboxylic acids is 1. The Morgan fingerprint density at radius 1 is 1.29 bits per heavy atom. The number of aliphatic hydroxyl groups is 1. The zero-order valence-corrected chi connectivity index (χ0v) is 14.5. The van der Waals surface area contributed by atoms with Crippen LogP contribution < -0.4 is 0 Å². The van der Waals surface area contributed by atoms with Gasteiger partial charge < -0.3 is 5.11 Å². The first kappa shape index (κ1) is 15.8. The third kappa shape index (κ3) is 2.31. The van der Waals surface area contributed by atoms with Crippen LogP contribution in [0, 0.1) is 23.2 Å². The summed E-state index contributed by atoms with van der Waals surface area (Å²) in [4.78, 5) is 12.5. The molecule has 4 rings (SSSR count). The molecule has 0 aromatic heterocycles. The number of carbonyl (C=O) groups is 1. The highest BCUT2D eigenvalue weighted by Crippen LogP contribution is 2.57. The molecule has 1 aromatic rings. The molecule has 1 N–H and O–H groups in total. The first-order chi connectivity index (χ1) is 11.5. The molecule has 0 spiro atoms. The largest absolute Gasteiger partial charge is 0.371 e. The maximum Gasteiger partial charge on any atom is 0.183 e. The van der Waals surface area contributed by atoms with Gasteiger partial charge in [0.05, 0.1) is 5.41 Å². The van der Waals surface area contributed by atoms with Gasteiger partial charge in [0.2, 0.25) is 0 Å². The average Bonchev–Trinajstić information content (AvgIpc) is 3.28. The van der Waals surface area contributed by atoms with E-state index in [0.29, 0.717) is 17.4 Å². The number of aliphatic hydroxyl groups excluding tert-OH is 1. The summed E-state index contributed by atoms with van der Waals surface area (Å²) in [6.45, 7) is 4.30. The molecule has 3 aliphatic rings. The van der Waals surface area contributed by atoms with Gasteiger partial charge in [0.25, 0.3) is 0 Å². The quantitative estimate of drug-likeness (QED) is 0.864. The summed E-state index contributed by atoms with van der Waals surface area (Å²) in [5.74, 6) is 2.04. The van der Waals surface area contributed by atoms with E-state index in [2.05, 4.69) is 12.0 Å². The molecule has 1 aromatic carbocycles. The fourth-order valence-corrected chi connectivity index (χ4v) is 5.27. The number of hydrazone groups is 1. The molecule has 2 saturated carbocycles. The van der Waals surface area contributed by atoms with E-state index in [1.807, 2.05) is 37.3 Å². The van der Waals surface area contributed by atoms with Crippen molar-refractivity contribution in [1.82, 2.24) is 5.01 Å². The molecule has 0 radical (unpaired) electrons. The summed E-state index contributed by atoms with van der Waals surface area (Å²) >= 11 is 0. The molecular formula is C20H26N2O2. The Balaban J connectivity index is 1.52. The number of hydrogen-bond donors (Lipinski definition) is 1. The van der Waals surface area contributed by atoms with Crippen LogP contribution in [0.5, 0.6) is 0 Å². The van der Waals surface area contributed by atoms with Crippen LogP contribution in [0.15, 0.2) is 35.4 Å².